The number of anilines is 3. The van der Waals surface area contributed by atoms with E-state index in [9.17, 15) is 0 Å². The molecule has 218 valence electrons. The van der Waals surface area contributed by atoms with Gasteiger partial charge in [0.1, 0.15) is 0 Å². The third-order valence-electron chi connectivity index (χ3n) is 7.87. The largest absolute Gasteiger partial charge is 0.310 e. The number of hydrogen-bond donors (Lipinski definition) is 0. The molecule has 0 atom stereocenters. The third-order valence-corrected chi connectivity index (χ3v) is 7.87. The fraction of sp³-hybridized carbons (Fsp3) is 0.0455. The summed E-state index contributed by atoms with van der Waals surface area (Å²) in [6.45, 7) is 4.00. The molecule has 0 saturated heterocycles. The number of rotatable bonds is 7. The zero-order valence-corrected chi connectivity index (χ0v) is 25.8. The van der Waals surface area contributed by atoms with E-state index in [0.29, 0.717) is 0 Å². The summed E-state index contributed by atoms with van der Waals surface area (Å²) >= 11 is 0. The molecule has 7 aromatic carbocycles. The molecule has 0 aromatic heterocycles. The van der Waals surface area contributed by atoms with Gasteiger partial charge in [0.2, 0.25) is 0 Å². The number of hydrogen-bond acceptors (Lipinski definition) is 1. The average Bonchev–Trinajstić information content (AvgIpc) is 3.14. The van der Waals surface area contributed by atoms with Crippen LogP contribution in [0.3, 0.4) is 0 Å². The molecule has 0 N–H and O–H groups in total. The van der Waals surface area contributed by atoms with Gasteiger partial charge in [-0.2, -0.15) is 0 Å². The Labute approximate surface area is 267 Å². The van der Waals surface area contributed by atoms with Crippen LogP contribution in [0.5, 0.6) is 0 Å². The molecule has 0 amide bonds. The van der Waals surface area contributed by atoms with Crippen molar-refractivity contribution in [3.8, 4) is 44.5 Å². The Morgan fingerprint density at radius 1 is 0.289 bits per heavy atom. The molecule has 0 heterocycles. The van der Waals surface area contributed by atoms with Crippen molar-refractivity contribution in [1.29, 1.82) is 0 Å². The lowest BCUT2D eigenvalue weighted by atomic mass is 9.97. The van der Waals surface area contributed by atoms with Crippen molar-refractivity contribution in [2.45, 2.75) is 13.8 Å². The Balaban J connectivity index is 0.00000175. The predicted octanol–water partition coefficient (Wildman–Crippen LogP) is 12.9. The molecule has 7 rings (SSSR count). The Hall–Kier alpha value is -5.66. The topological polar surface area (TPSA) is 3.24 Å². The van der Waals surface area contributed by atoms with E-state index in [1.807, 2.05) is 13.8 Å². The minimum absolute atomic E-state index is 1.11. The lowest BCUT2D eigenvalue weighted by Gasteiger charge is -2.29. The van der Waals surface area contributed by atoms with Crippen LogP contribution in [0.2, 0.25) is 0 Å². The van der Waals surface area contributed by atoms with Crippen LogP contribution in [0.25, 0.3) is 44.5 Å². The average molecular weight is 580 g/mol. The van der Waals surface area contributed by atoms with Gasteiger partial charge in [0.15, 0.2) is 0 Å². The van der Waals surface area contributed by atoms with E-state index in [1.165, 1.54) is 44.5 Å². The second kappa shape index (κ2) is 14.2. The Bertz CT molecular complexity index is 1860. The van der Waals surface area contributed by atoms with Gasteiger partial charge in [-0.3, -0.25) is 0 Å². The zero-order chi connectivity index (χ0) is 30.8. The maximum Gasteiger partial charge on any atom is 0.0540 e. The van der Waals surface area contributed by atoms with E-state index < -0.39 is 0 Å². The second-order valence-electron chi connectivity index (χ2n) is 10.6. The molecule has 0 aliphatic carbocycles. The first-order valence-corrected chi connectivity index (χ1v) is 15.7. The van der Waals surface area contributed by atoms with E-state index in [0.717, 1.165) is 17.1 Å². The van der Waals surface area contributed by atoms with Crippen LogP contribution in [0.4, 0.5) is 17.1 Å². The van der Waals surface area contributed by atoms with Gasteiger partial charge in [0.05, 0.1) is 5.69 Å². The van der Waals surface area contributed by atoms with Gasteiger partial charge < -0.3 is 4.90 Å². The van der Waals surface area contributed by atoms with Crippen molar-refractivity contribution in [2.75, 3.05) is 4.90 Å². The van der Waals surface area contributed by atoms with Crippen LogP contribution in [-0.4, -0.2) is 0 Å². The molecular weight excluding hydrogens is 542 g/mol. The highest BCUT2D eigenvalue weighted by atomic mass is 15.1. The predicted molar refractivity (Wildman–Crippen MR) is 194 cm³/mol. The summed E-state index contributed by atoms with van der Waals surface area (Å²) in [5.74, 6) is 0. The minimum Gasteiger partial charge on any atom is -0.310 e. The van der Waals surface area contributed by atoms with Crippen molar-refractivity contribution in [2.24, 2.45) is 0 Å². The highest BCUT2D eigenvalue weighted by molar-refractivity contribution is 5.90. The molecule has 0 bridgehead atoms. The summed E-state index contributed by atoms with van der Waals surface area (Å²) in [5.41, 5.74) is 12.9. The normalized spacial score (nSPS) is 10.4. The minimum atomic E-state index is 1.11. The zero-order valence-electron chi connectivity index (χ0n) is 25.8. The molecule has 0 saturated carbocycles. The second-order valence-corrected chi connectivity index (χ2v) is 10.6. The van der Waals surface area contributed by atoms with E-state index in [2.05, 4.69) is 193 Å². The van der Waals surface area contributed by atoms with Crippen molar-refractivity contribution in [3.05, 3.63) is 188 Å². The molecule has 45 heavy (non-hydrogen) atoms. The maximum atomic E-state index is 2.39. The van der Waals surface area contributed by atoms with Crippen LogP contribution in [0.15, 0.2) is 188 Å². The SMILES string of the molecule is CC.c1ccc(-c2ccc(-c3ccccc3N(c3cccc(-c4ccccc4)c3)c3cccc(-c4ccccc4)c3)cc2)cc1. The molecular formula is C44H37N. The molecule has 0 unspecified atom stereocenters. The number of benzene rings is 7. The van der Waals surface area contributed by atoms with Gasteiger partial charge in [0, 0.05) is 16.9 Å². The molecule has 7 aromatic rings. The first-order chi connectivity index (χ1) is 22.3. The van der Waals surface area contributed by atoms with Crippen LogP contribution >= 0.6 is 0 Å². The summed E-state index contributed by atoms with van der Waals surface area (Å²) in [4.78, 5) is 2.39. The van der Waals surface area contributed by atoms with Gasteiger partial charge in [-0.1, -0.05) is 172 Å². The molecule has 0 aliphatic heterocycles. The van der Waals surface area contributed by atoms with E-state index in [-0.39, 0.29) is 0 Å². The van der Waals surface area contributed by atoms with Gasteiger partial charge in [-0.15, -0.1) is 0 Å². The van der Waals surface area contributed by atoms with Gasteiger partial charge in [-0.25, -0.2) is 0 Å². The smallest absolute Gasteiger partial charge is 0.0540 e. The van der Waals surface area contributed by atoms with Gasteiger partial charge in [0.25, 0.3) is 0 Å². The first-order valence-electron chi connectivity index (χ1n) is 15.7. The van der Waals surface area contributed by atoms with Gasteiger partial charge in [-0.05, 0) is 69.3 Å². The summed E-state index contributed by atoms with van der Waals surface area (Å²) in [7, 11) is 0. The summed E-state index contributed by atoms with van der Waals surface area (Å²) < 4.78 is 0. The molecule has 1 nitrogen and oxygen atoms in total. The standard InChI is InChI=1S/C42H31N.C2H6/c1-4-14-32(15-5-1)35-26-28-36(29-27-35)41-24-10-11-25-42(41)43(39-22-12-20-37(30-39)33-16-6-2-7-17-33)40-23-13-21-38(31-40)34-18-8-3-9-19-34;1-2/h1-31H;1-2H3. The molecule has 0 aliphatic rings. The fourth-order valence-corrected chi connectivity index (χ4v) is 5.72. The maximum absolute atomic E-state index is 2.39. The summed E-state index contributed by atoms with van der Waals surface area (Å²) in [5, 5.41) is 0. The van der Waals surface area contributed by atoms with Crippen molar-refractivity contribution in [1.82, 2.24) is 0 Å². The highest BCUT2D eigenvalue weighted by Crippen LogP contribution is 2.43. The molecule has 0 spiro atoms. The lowest BCUT2D eigenvalue weighted by molar-refractivity contribution is 1.28. The van der Waals surface area contributed by atoms with Crippen LogP contribution in [-0.2, 0) is 0 Å². The van der Waals surface area contributed by atoms with Crippen molar-refractivity contribution in [3.63, 3.8) is 0 Å². The summed E-state index contributed by atoms with van der Waals surface area (Å²) in [6, 6.07) is 67.0. The monoisotopic (exact) mass is 579 g/mol. The Morgan fingerprint density at radius 2 is 0.644 bits per heavy atom. The van der Waals surface area contributed by atoms with Crippen molar-refractivity contribution >= 4 is 17.1 Å². The molecule has 0 fully saturated rings. The van der Waals surface area contributed by atoms with E-state index >= 15 is 0 Å². The van der Waals surface area contributed by atoms with E-state index in [4.69, 9.17) is 0 Å². The first kappa shape index (κ1) is 29.4. The molecule has 1 heteroatoms. The highest BCUT2D eigenvalue weighted by Gasteiger charge is 2.18. The van der Waals surface area contributed by atoms with Crippen LogP contribution in [0, 0.1) is 0 Å². The summed E-state index contributed by atoms with van der Waals surface area (Å²) in [6.07, 6.45) is 0. The third kappa shape index (κ3) is 6.64. The lowest BCUT2D eigenvalue weighted by Crippen LogP contribution is -2.11. The van der Waals surface area contributed by atoms with Crippen molar-refractivity contribution < 1.29 is 0 Å². The fourth-order valence-electron chi connectivity index (χ4n) is 5.72. The van der Waals surface area contributed by atoms with Crippen LogP contribution in [0.1, 0.15) is 13.8 Å². The Kier molecular flexibility index (Phi) is 9.29. The van der Waals surface area contributed by atoms with E-state index in [1.54, 1.807) is 0 Å². The van der Waals surface area contributed by atoms with Crippen LogP contribution < -0.4 is 4.90 Å². The number of para-hydroxylation sites is 1. The number of nitrogens with zero attached hydrogens (tertiary/aromatic N) is 1. The molecule has 0 radical (unpaired) electrons. The quantitative estimate of drug-likeness (QED) is 0.182. The van der Waals surface area contributed by atoms with Gasteiger partial charge >= 0.3 is 0 Å². The Morgan fingerprint density at radius 3 is 1.13 bits per heavy atom.